The molecule has 1 saturated carbocycles. The van der Waals surface area contributed by atoms with Crippen molar-refractivity contribution < 1.29 is 22.3 Å². The molecule has 0 spiro atoms. The average Bonchev–Trinajstić information content (AvgIpc) is 3.52. The molecule has 5 aromatic rings. The number of anilines is 1. The van der Waals surface area contributed by atoms with Gasteiger partial charge in [0.15, 0.2) is 9.84 Å². The number of carbonyl (C=O) groups is 1. The Kier molecular flexibility index (Phi) is 6.37. The van der Waals surface area contributed by atoms with Gasteiger partial charge < -0.3 is 19.7 Å². The molecule has 0 bridgehead atoms. The van der Waals surface area contributed by atoms with E-state index in [4.69, 9.17) is 26.4 Å². The molecular weight excluding hydrogens is 582 g/mol. The Morgan fingerprint density at radius 1 is 0.976 bits per heavy atom. The van der Waals surface area contributed by atoms with Gasteiger partial charge in [-0.2, -0.15) is 9.97 Å². The molecule has 4 heterocycles. The molecule has 0 radical (unpaired) electrons. The van der Waals surface area contributed by atoms with Crippen molar-refractivity contribution in [3.8, 4) is 34.2 Å². The van der Waals surface area contributed by atoms with Crippen LogP contribution in [0.25, 0.3) is 34.2 Å². The van der Waals surface area contributed by atoms with Crippen molar-refractivity contribution in [3.63, 3.8) is 0 Å². The molecule has 1 amide bonds. The smallest absolute Gasteiger partial charge is 0.261 e. The molecule has 1 atom stereocenters. The molecule has 1 aliphatic heterocycles. The van der Waals surface area contributed by atoms with E-state index in [1.165, 1.54) is 17.2 Å². The van der Waals surface area contributed by atoms with Gasteiger partial charge in [-0.1, -0.05) is 46.2 Å². The first-order valence-corrected chi connectivity index (χ1v) is 15.1. The van der Waals surface area contributed by atoms with Gasteiger partial charge in [0.2, 0.25) is 23.4 Å². The van der Waals surface area contributed by atoms with Gasteiger partial charge in [-0.15, -0.1) is 0 Å². The molecule has 14 heteroatoms. The summed E-state index contributed by atoms with van der Waals surface area (Å²) in [6.07, 6.45) is 3.65. The minimum absolute atomic E-state index is 0.0115. The first-order chi connectivity index (χ1) is 20.3. The topological polar surface area (TPSA) is 171 Å². The SMILES string of the molecule is N[C@H]1CS(=O)(=O)c2ccc(-c3noc(-c4cccnc4Cl)n3)cc2N(Cc2ccc(-c3noc(C4CC4)n3)cc2)C1=O. The predicted octanol–water partition coefficient (Wildman–Crippen LogP) is 4.03. The van der Waals surface area contributed by atoms with Gasteiger partial charge in [0.1, 0.15) is 5.15 Å². The van der Waals surface area contributed by atoms with Gasteiger partial charge in [0, 0.05) is 23.2 Å². The Bertz CT molecular complexity index is 1940. The Morgan fingerprint density at radius 3 is 2.48 bits per heavy atom. The maximum Gasteiger partial charge on any atom is 0.261 e. The van der Waals surface area contributed by atoms with Crippen molar-refractivity contribution in [2.45, 2.75) is 36.2 Å². The van der Waals surface area contributed by atoms with E-state index < -0.39 is 27.5 Å². The zero-order chi connectivity index (χ0) is 29.0. The van der Waals surface area contributed by atoms with E-state index in [1.54, 1.807) is 24.3 Å². The van der Waals surface area contributed by atoms with Crippen LogP contribution in [-0.4, -0.2) is 51.4 Å². The number of halogens is 1. The number of carbonyl (C=O) groups excluding carboxylic acids is 1. The van der Waals surface area contributed by atoms with Crippen LogP contribution in [0.5, 0.6) is 0 Å². The quantitative estimate of drug-likeness (QED) is 0.278. The summed E-state index contributed by atoms with van der Waals surface area (Å²) in [4.78, 5) is 27.8. The van der Waals surface area contributed by atoms with Crippen molar-refractivity contribution in [2.75, 3.05) is 10.7 Å². The van der Waals surface area contributed by atoms with Gasteiger partial charge in [-0.3, -0.25) is 4.79 Å². The molecule has 12 nitrogen and oxygen atoms in total. The molecule has 2 N–H and O–H groups in total. The highest BCUT2D eigenvalue weighted by Gasteiger charge is 2.36. The lowest BCUT2D eigenvalue weighted by Crippen LogP contribution is -2.45. The first kappa shape index (κ1) is 26.4. The number of fused-ring (bicyclic) bond motifs is 1. The lowest BCUT2D eigenvalue weighted by atomic mass is 10.1. The molecule has 0 saturated heterocycles. The monoisotopic (exact) mass is 603 g/mol. The number of hydrogen-bond donors (Lipinski definition) is 1. The fourth-order valence-corrected chi connectivity index (χ4v) is 6.55. The summed E-state index contributed by atoms with van der Waals surface area (Å²) in [6.45, 7) is 0.0706. The molecular formula is C28H22ClN7O5S. The summed E-state index contributed by atoms with van der Waals surface area (Å²) in [6, 6.07) is 14.0. The number of nitrogens with zero attached hydrogens (tertiary/aromatic N) is 6. The van der Waals surface area contributed by atoms with Crippen LogP contribution in [0.4, 0.5) is 5.69 Å². The Balaban J connectivity index is 1.23. The van der Waals surface area contributed by atoms with Gasteiger partial charge in [0.05, 0.1) is 34.5 Å². The number of sulfone groups is 1. The van der Waals surface area contributed by atoms with E-state index in [2.05, 4.69) is 25.3 Å². The Morgan fingerprint density at radius 2 is 1.71 bits per heavy atom. The molecule has 212 valence electrons. The van der Waals surface area contributed by atoms with E-state index in [0.29, 0.717) is 28.8 Å². The molecule has 7 rings (SSSR count). The minimum atomic E-state index is -3.88. The highest BCUT2D eigenvalue weighted by atomic mass is 35.5. The van der Waals surface area contributed by atoms with E-state index >= 15 is 0 Å². The molecule has 1 fully saturated rings. The third-order valence-corrected chi connectivity index (χ3v) is 9.28. The van der Waals surface area contributed by atoms with Crippen LogP contribution in [0.1, 0.15) is 30.2 Å². The second-order valence-electron chi connectivity index (χ2n) is 10.2. The number of hydrogen-bond acceptors (Lipinski definition) is 11. The van der Waals surface area contributed by atoms with E-state index in [9.17, 15) is 13.2 Å². The zero-order valence-corrected chi connectivity index (χ0v) is 23.4. The summed E-state index contributed by atoms with van der Waals surface area (Å²) in [5.74, 6) is 0.765. The second-order valence-corrected chi connectivity index (χ2v) is 12.5. The van der Waals surface area contributed by atoms with E-state index in [1.807, 2.05) is 24.3 Å². The highest BCUT2D eigenvalue weighted by molar-refractivity contribution is 7.91. The van der Waals surface area contributed by atoms with Crippen LogP contribution >= 0.6 is 11.6 Å². The van der Waals surface area contributed by atoms with Crippen molar-refractivity contribution >= 4 is 33.0 Å². The van der Waals surface area contributed by atoms with Crippen LogP contribution in [-0.2, 0) is 21.2 Å². The Hall–Kier alpha value is -4.46. The van der Waals surface area contributed by atoms with Crippen LogP contribution in [0, 0.1) is 0 Å². The number of benzene rings is 2. The third-order valence-electron chi connectivity index (χ3n) is 7.16. The van der Waals surface area contributed by atoms with E-state index in [-0.39, 0.29) is 34.0 Å². The largest absolute Gasteiger partial charge is 0.339 e. The summed E-state index contributed by atoms with van der Waals surface area (Å²) >= 11 is 6.17. The summed E-state index contributed by atoms with van der Waals surface area (Å²) in [5.41, 5.74) is 8.65. The van der Waals surface area contributed by atoms with Crippen LogP contribution in [0.15, 0.2) is 74.7 Å². The van der Waals surface area contributed by atoms with E-state index in [0.717, 1.165) is 24.0 Å². The Labute approximate surface area is 244 Å². The average molecular weight is 604 g/mol. The fraction of sp³-hybridized carbons (Fsp3) is 0.214. The number of amides is 1. The third kappa shape index (κ3) is 4.85. The molecule has 1 aliphatic carbocycles. The van der Waals surface area contributed by atoms with Gasteiger partial charge in [-0.25, -0.2) is 13.4 Å². The normalized spacial score (nSPS) is 18.1. The summed E-state index contributed by atoms with van der Waals surface area (Å²) in [7, 11) is -3.88. The molecule has 3 aromatic heterocycles. The van der Waals surface area contributed by atoms with Crippen molar-refractivity contribution in [1.82, 2.24) is 25.3 Å². The van der Waals surface area contributed by atoms with Gasteiger partial charge >= 0.3 is 0 Å². The van der Waals surface area contributed by atoms with Gasteiger partial charge in [-0.05, 0) is 48.7 Å². The molecule has 2 aromatic carbocycles. The van der Waals surface area contributed by atoms with Crippen LogP contribution in [0.3, 0.4) is 0 Å². The molecule has 42 heavy (non-hydrogen) atoms. The molecule has 2 aliphatic rings. The predicted molar refractivity (Wildman–Crippen MR) is 151 cm³/mol. The standard InChI is InChI=1S/C28H22ClN7O5S/c29-23-19(2-1-11-31-23)27-33-25(35-41-27)18-9-10-22-21(12-18)36(28(37)20(30)14-42(22,38)39)13-15-3-5-16(6-4-15)24-32-26(40-34-24)17-7-8-17/h1-6,9-12,17,20H,7-8,13-14,30H2/t20-/m0/s1. The number of rotatable bonds is 6. The summed E-state index contributed by atoms with van der Waals surface area (Å²) in [5, 5.41) is 8.31. The van der Waals surface area contributed by atoms with Gasteiger partial charge in [0.25, 0.3) is 5.89 Å². The maximum atomic E-state index is 13.5. The zero-order valence-electron chi connectivity index (χ0n) is 21.8. The lowest BCUT2D eigenvalue weighted by molar-refractivity contribution is -0.119. The highest BCUT2D eigenvalue weighted by Crippen LogP contribution is 2.40. The number of nitrogens with two attached hydrogens (primary N) is 1. The lowest BCUT2D eigenvalue weighted by Gasteiger charge is -2.24. The molecule has 0 unspecified atom stereocenters. The fourth-order valence-electron chi connectivity index (χ4n) is 4.80. The summed E-state index contributed by atoms with van der Waals surface area (Å²) < 4.78 is 37.2. The van der Waals surface area contributed by atoms with Crippen LogP contribution in [0.2, 0.25) is 5.15 Å². The van der Waals surface area contributed by atoms with Crippen LogP contribution < -0.4 is 10.6 Å². The minimum Gasteiger partial charge on any atom is -0.339 e. The number of aromatic nitrogens is 5. The van der Waals surface area contributed by atoms with Crippen molar-refractivity contribution in [3.05, 3.63) is 77.4 Å². The van der Waals surface area contributed by atoms with Crippen molar-refractivity contribution in [1.29, 1.82) is 0 Å². The maximum absolute atomic E-state index is 13.5. The number of pyridine rings is 1. The second kappa shape index (κ2) is 10.1. The van der Waals surface area contributed by atoms with Crippen molar-refractivity contribution in [2.24, 2.45) is 5.73 Å². The first-order valence-electron chi connectivity index (χ1n) is 13.1.